The highest BCUT2D eigenvalue weighted by atomic mass is 31.2. The summed E-state index contributed by atoms with van der Waals surface area (Å²) in [6.45, 7) is 9.64. The van der Waals surface area contributed by atoms with Crippen molar-refractivity contribution in [1.82, 2.24) is 0 Å². The van der Waals surface area contributed by atoms with Gasteiger partial charge in [-0.15, -0.1) is 0 Å². The molecule has 0 aromatic rings. The summed E-state index contributed by atoms with van der Waals surface area (Å²) < 4.78 is 68.6. The molecule has 3 unspecified atom stereocenters. The van der Waals surface area contributed by atoms with Gasteiger partial charge in [-0.25, -0.2) is 9.13 Å². The third-order valence-electron chi connectivity index (χ3n) is 19.8. The first-order valence-corrected chi connectivity index (χ1v) is 46.0. The Balaban J connectivity index is 5.11. The van der Waals surface area contributed by atoms with E-state index in [9.17, 15) is 43.2 Å². The first-order valence-electron chi connectivity index (χ1n) is 43.0. The number of phosphoric acid groups is 2. The van der Waals surface area contributed by atoms with E-state index in [1.165, 1.54) is 250 Å². The molecular formula is C83H162O17P2. The minimum atomic E-state index is -4.96. The molecule has 0 bridgehead atoms. The van der Waals surface area contributed by atoms with Crippen LogP contribution in [0.15, 0.2) is 0 Å². The van der Waals surface area contributed by atoms with Gasteiger partial charge in [0, 0.05) is 25.7 Å². The van der Waals surface area contributed by atoms with Gasteiger partial charge in [0.15, 0.2) is 12.2 Å². The number of aliphatic hydroxyl groups excluding tert-OH is 1. The summed E-state index contributed by atoms with van der Waals surface area (Å²) in [5.74, 6) is -0.466. The van der Waals surface area contributed by atoms with Gasteiger partial charge in [-0.2, -0.15) is 0 Å². The van der Waals surface area contributed by atoms with Crippen LogP contribution >= 0.6 is 15.6 Å². The van der Waals surface area contributed by atoms with E-state index in [-0.39, 0.29) is 25.7 Å². The lowest BCUT2D eigenvalue weighted by molar-refractivity contribution is -0.161. The Kier molecular flexibility index (Phi) is 73.1. The number of ether oxygens (including phenoxy) is 4. The van der Waals surface area contributed by atoms with E-state index in [0.29, 0.717) is 25.7 Å². The fraction of sp³-hybridized carbons (Fsp3) is 0.952. The summed E-state index contributed by atoms with van der Waals surface area (Å²) in [5, 5.41) is 10.6. The Morgan fingerprint density at radius 3 is 0.745 bits per heavy atom. The quantitative estimate of drug-likeness (QED) is 0.0222. The molecule has 0 heterocycles. The average molecular weight is 1490 g/mol. The lowest BCUT2D eigenvalue weighted by Gasteiger charge is -2.21. The number of carbonyl (C=O) groups is 4. The lowest BCUT2D eigenvalue weighted by atomic mass is 9.99. The minimum Gasteiger partial charge on any atom is -0.462 e. The molecule has 0 aliphatic heterocycles. The Morgan fingerprint density at radius 1 is 0.284 bits per heavy atom. The van der Waals surface area contributed by atoms with Crippen molar-refractivity contribution >= 4 is 39.5 Å². The first kappa shape index (κ1) is 100. The molecule has 0 aromatic heterocycles. The Hall–Kier alpha value is -1.94. The number of phosphoric ester groups is 2. The second kappa shape index (κ2) is 74.5. The third-order valence-corrected chi connectivity index (χ3v) is 21.7. The molecule has 0 saturated heterocycles. The smallest absolute Gasteiger partial charge is 0.462 e. The van der Waals surface area contributed by atoms with Crippen LogP contribution in [-0.4, -0.2) is 96.7 Å². The first-order chi connectivity index (χ1) is 49.4. The fourth-order valence-corrected chi connectivity index (χ4v) is 14.4. The molecule has 606 valence electrons. The molecule has 0 aromatic carbocycles. The van der Waals surface area contributed by atoms with Gasteiger partial charge in [0.25, 0.3) is 0 Å². The molecular weight excluding hydrogens is 1330 g/mol. The van der Waals surface area contributed by atoms with Crippen LogP contribution in [0.1, 0.15) is 440 Å². The number of hydrogen-bond donors (Lipinski definition) is 3. The van der Waals surface area contributed by atoms with Gasteiger partial charge in [0.2, 0.25) is 0 Å². The maximum Gasteiger partial charge on any atom is 0.472 e. The Labute approximate surface area is 626 Å². The van der Waals surface area contributed by atoms with E-state index < -0.39 is 97.5 Å². The van der Waals surface area contributed by atoms with Crippen LogP contribution in [0, 0.1) is 11.8 Å². The van der Waals surface area contributed by atoms with Crippen molar-refractivity contribution in [1.29, 1.82) is 0 Å². The predicted molar refractivity (Wildman–Crippen MR) is 418 cm³/mol. The van der Waals surface area contributed by atoms with E-state index in [4.69, 9.17) is 37.0 Å². The molecule has 6 atom stereocenters. The standard InChI is InChI=1S/C83H162O17P2/c1-7-10-12-14-15-16-17-18-19-20-21-22-23-24-27-34-39-44-49-55-62-68-83(88)100-79(72-94-81(86)66-60-54-48-43-38-33-28-25-26-31-36-41-46-52-57-63-75(4)5)74-98-102(91,92)96-70-77(84)69-95-101(89,90)97-73-78(71-93-80(85)65-59-51-13-11-8-2)99-82(87)67-61-56-50-45-40-35-30-29-32-37-42-47-53-58-64-76(6)9-3/h75-79,84H,7-74H2,1-6H3,(H,89,90)(H,91,92)/t76?,77-,78+,79+/m0/s1. The molecule has 0 aliphatic carbocycles. The normalized spacial score (nSPS) is 14.1. The Bertz CT molecular complexity index is 1960. The van der Waals surface area contributed by atoms with Crippen LogP contribution < -0.4 is 0 Å². The molecule has 0 aliphatic rings. The van der Waals surface area contributed by atoms with Crippen molar-refractivity contribution < 1.29 is 80.2 Å². The Morgan fingerprint density at radius 2 is 0.500 bits per heavy atom. The van der Waals surface area contributed by atoms with Crippen LogP contribution in [0.3, 0.4) is 0 Å². The molecule has 0 spiro atoms. The van der Waals surface area contributed by atoms with Crippen molar-refractivity contribution in [2.24, 2.45) is 11.8 Å². The van der Waals surface area contributed by atoms with Crippen molar-refractivity contribution in [3.05, 3.63) is 0 Å². The largest absolute Gasteiger partial charge is 0.472 e. The van der Waals surface area contributed by atoms with Crippen LogP contribution in [0.25, 0.3) is 0 Å². The summed E-state index contributed by atoms with van der Waals surface area (Å²) in [4.78, 5) is 72.8. The number of esters is 4. The molecule has 3 N–H and O–H groups in total. The summed E-state index contributed by atoms with van der Waals surface area (Å²) in [7, 11) is -9.91. The van der Waals surface area contributed by atoms with E-state index in [1.54, 1.807) is 0 Å². The van der Waals surface area contributed by atoms with Gasteiger partial charge in [0.05, 0.1) is 26.4 Å². The maximum absolute atomic E-state index is 13.1. The van der Waals surface area contributed by atoms with Gasteiger partial charge < -0.3 is 33.8 Å². The third kappa shape index (κ3) is 74.9. The maximum atomic E-state index is 13.1. The molecule has 0 fully saturated rings. The molecule has 0 amide bonds. The highest BCUT2D eigenvalue weighted by Gasteiger charge is 2.30. The second-order valence-corrected chi connectivity index (χ2v) is 33.5. The van der Waals surface area contributed by atoms with Crippen molar-refractivity contribution in [2.75, 3.05) is 39.6 Å². The molecule has 0 radical (unpaired) electrons. The van der Waals surface area contributed by atoms with Crippen LogP contribution in [0.2, 0.25) is 0 Å². The molecule has 19 heteroatoms. The number of aliphatic hydroxyl groups is 1. The summed E-state index contributed by atoms with van der Waals surface area (Å²) in [6.07, 6.45) is 65.7. The van der Waals surface area contributed by atoms with Crippen molar-refractivity contribution in [3.8, 4) is 0 Å². The van der Waals surface area contributed by atoms with Crippen LogP contribution in [0.4, 0.5) is 0 Å². The number of unbranched alkanes of at least 4 members (excludes halogenated alkanes) is 51. The zero-order chi connectivity index (χ0) is 74.9. The van der Waals surface area contributed by atoms with E-state index in [0.717, 1.165) is 108 Å². The topological polar surface area (TPSA) is 237 Å². The highest BCUT2D eigenvalue weighted by Crippen LogP contribution is 2.45. The SMILES string of the molecule is CCCCCCCCCCCCCCCCCCCCCCCC(=O)O[C@H](COC(=O)CCCCCCCCCCCCCCCCCC(C)C)COP(=O)(O)OC[C@@H](O)COP(=O)(O)OC[C@@H](COC(=O)CCCCCCC)OC(=O)CCCCCCCCCCCCCCCCC(C)CC. The monoisotopic (exact) mass is 1490 g/mol. The molecule has 0 rings (SSSR count). The zero-order valence-corrected chi connectivity index (χ0v) is 68.7. The van der Waals surface area contributed by atoms with Gasteiger partial charge in [0.1, 0.15) is 19.3 Å². The minimum absolute atomic E-state index is 0.107. The van der Waals surface area contributed by atoms with Crippen LogP contribution in [-0.2, 0) is 65.4 Å². The van der Waals surface area contributed by atoms with Gasteiger partial charge >= 0.3 is 39.5 Å². The zero-order valence-electron chi connectivity index (χ0n) is 66.9. The predicted octanol–water partition coefficient (Wildman–Crippen LogP) is 25.1. The van der Waals surface area contributed by atoms with Gasteiger partial charge in [-0.1, -0.05) is 388 Å². The highest BCUT2D eigenvalue weighted by molar-refractivity contribution is 7.47. The van der Waals surface area contributed by atoms with E-state index in [1.807, 2.05) is 0 Å². The number of rotatable bonds is 82. The molecule has 17 nitrogen and oxygen atoms in total. The summed E-state index contributed by atoms with van der Waals surface area (Å²) in [6, 6.07) is 0. The number of hydrogen-bond acceptors (Lipinski definition) is 15. The molecule has 102 heavy (non-hydrogen) atoms. The summed E-state index contributed by atoms with van der Waals surface area (Å²) >= 11 is 0. The van der Waals surface area contributed by atoms with Crippen LogP contribution in [0.5, 0.6) is 0 Å². The van der Waals surface area contributed by atoms with E-state index >= 15 is 0 Å². The second-order valence-electron chi connectivity index (χ2n) is 30.6. The lowest BCUT2D eigenvalue weighted by Crippen LogP contribution is -2.30. The average Bonchev–Trinajstić information content (AvgIpc) is 0.911. The van der Waals surface area contributed by atoms with Gasteiger partial charge in [-0.05, 0) is 37.5 Å². The number of carbonyl (C=O) groups excluding carboxylic acids is 4. The van der Waals surface area contributed by atoms with Crippen molar-refractivity contribution in [3.63, 3.8) is 0 Å². The fourth-order valence-electron chi connectivity index (χ4n) is 12.9. The molecule has 0 saturated carbocycles. The van der Waals surface area contributed by atoms with Gasteiger partial charge in [-0.3, -0.25) is 37.3 Å². The van der Waals surface area contributed by atoms with Crippen molar-refractivity contribution in [2.45, 2.75) is 458 Å². The summed E-state index contributed by atoms with van der Waals surface area (Å²) in [5.41, 5.74) is 0. The van der Waals surface area contributed by atoms with E-state index in [2.05, 4.69) is 41.5 Å².